The van der Waals surface area contributed by atoms with Crippen LogP contribution >= 0.6 is 0 Å². The van der Waals surface area contributed by atoms with Crippen molar-refractivity contribution >= 4 is 16.6 Å². The zero-order valence-corrected chi connectivity index (χ0v) is 12.3. The number of H-pyrrole nitrogens is 1. The smallest absolute Gasteiger partial charge is 0.332 e. The maximum absolute atomic E-state index is 12.6. The van der Waals surface area contributed by atoms with Crippen LogP contribution in [0.15, 0.2) is 52.1 Å². The van der Waals surface area contributed by atoms with Crippen LogP contribution in [0.3, 0.4) is 0 Å². The van der Waals surface area contributed by atoms with Crippen molar-refractivity contribution in [2.75, 3.05) is 0 Å². The summed E-state index contributed by atoms with van der Waals surface area (Å²) in [4.78, 5) is 37.9. The van der Waals surface area contributed by atoms with Gasteiger partial charge in [0.15, 0.2) is 5.78 Å². The van der Waals surface area contributed by atoms with E-state index in [0.717, 1.165) is 9.95 Å². The van der Waals surface area contributed by atoms with Crippen LogP contribution < -0.4 is 16.4 Å². The van der Waals surface area contributed by atoms with E-state index >= 15 is 0 Å². The number of rotatable bonds is 3. The lowest BCUT2D eigenvalue weighted by atomic mass is 10.1. The highest BCUT2D eigenvalue weighted by atomic mass is 16.3. The Bertz CT molecular complexity index is 1030. The Kier molecular flexibility index (Phi) is 3.57. The number of Topliss-reactive ketones (excluding diaryl/α,β-unsaturated/α-hetero) is 1. The predicted octanol–water partition coefficient (Wildman–Crippen LogP) is 1.35. The van der Waals surface area contributed by atoms with Gasteiger partial charge in [0.25, 0.3) is 5.56 Å². The molecule has 0 aliphatic rings. The minimum Gasteiger partial charge on any atom is -0.859 e. The number of hydrogen-bond donors (Lipinski definition) is 1. The fourth-order valence-electron chi connectivity index (χ4n) is 2.56. The highest BCUT2D eigenvalue weighted by molar-refractivity contribution is 5.98. The Labute approximate surface area is 130 Å². The number of fused-ring (bicyclic) bond motifs is 1. The summed E-state index contributed by atoms with van der Waals surface area (Å²) >= 11 is 0. The molecular formula is C17H13N2O4-. The van der Waals surface area contributed by atoms with E-state index in [1.165, 1.54) is 0 Å². The molecule has 0 saturated carbocycles. The van der Waals surface area contributed by atoms with Crippen LogP contribution in [0.1, 0.15) is 23.7 Å². The van der Waals surface area contributed by atoms with E-state index in [4.69, 9.17) is 0 Å². The van der Waals surface area contributed by atoms with Gasteiger partial charge in [-0.25, -0.2) is 4.79 Å². The fraction of sp³-hybridized carbons (Fsp3) is 0.118. The molecule has 6 heteroatoms. The molecule has 0 radical (unpaired) electrons. The molecule has 0 unspecified atom stereocenters. The van der Waals surface area contributed by atoms with Gasteiger partial charge in [-0.1, -0.05) is 43.3 Å². The lowest BCUT2D eigenvalue weighted by Gasteiger charge is -2.20. The van der Waals surface area contributed by atoms with E-state index in [1.54, 1.807) is 31.2 Å². The first-order chi connectivity index (χ1) is 11.0. The van der Waals surface area contributed by atoms with Crippen molar-refractivity contribution < 1.29 is 9.90 Å². The summed E-state index contributed by atoms with van der Waals surface area (Å²) in [6.07, 6.45) is 0.00601. The Morgan fingerprint density at radius 2 is 1.83 bits per heavy atom. The zero-order valence-electron chi connectivity index (χ0n) is 12.3. The van der Waals surface area contributed by atoms with Gasteiger partial charge < -0.3 is 5.11 Å². The van der Waals surface area contributed by atoms with Crippen molar-refractivity contribution in [2.24, 2.45) is 0 Å². The highest BCUT2D eigenvalue weighted by Gasteiger charge is 2.16. The van der Waals surface area contributed by atoms with Gasteiger partial charge in [0.1, 0.15) is 0 Å². The van der Waals surface area contributed by atoms with Crippen LogP contribution in [0.2, 0.25) is 0 Å². The average molecular weight is 309 g/mol. The van der Waals surface area contributed by atoms with E-state index < -0.39 is 28.5 Å². The molecule has 0 atom stereocenters. The van der Waals surface area contributed by atoms with E-state index in [0.29, 0.717) is 11.1 Å². The number of benzene rings is 2. The van der Waals surface area contributed by atoms with E-state index in [-0.39, 0.29) is 6.42 Å². The Hall–Kier alpha value is -3.15. The molecule has 0 spiro atoms. The van der Waals surface area contributed by atoms with Crippen LogP contribution in [0.25, 0.3) is 16.5 Å². The van der Waals surface area contributed by atoms with Gasteiger partial charge in [0.05, 0.1) is 11.3 Å². The number of aromatic nitrogens is 2. The van der Waals surface area contributed by atoms with Crippen LogP contribution in [-0.4, -0.2) is 15.3 Å². The average Bonchev–Trinajstić information content (AvgIpc) is 2.54. The molecular weight excluding hydrogens is 296 g/mol. The van der Waals surface area contributed by atoms with Gasteiger partial charge >= 0.3 is 5.69 Å². The maximum atomic E-state index is 12.6. The molecule has 0 aliphatic heterocycles. The molecule has 0 fully saturated rings. The molecule has 2 aromatic carbocycles. The summed E-state index contributed by atoms with van der Waals surface area (Å²) in [5.41, 5.74) is -1.98. The van der Waals surface area contributed by atoms with Gasteiger partial charge in [0, 0.05) is 11.8 Å². The van der Waals surface area contributed by atoms with Crippen LogP contribution in [0.5, 0.6) is 5.88 Å². The molecule has 23 heavy (non-hydrogen) atoms. The van der Waals surface area contributed by atoms with Crippen molar-refractivity contribution in [1.82, 2.24) is 9.55 Å². The molecule has 0 amide bonds. The van der Waals surface area contributed by atoms with Crippen LogP contribution in [-0.2, 0) is 0 Å². The first-order valence-electron chi connectivity index (χ1n) is 7.12. The lowest BCUT2D eigenvalue weighted by molar-refractivity contribution is -0.278. The second-order valence-corrected chi connectivity index (χ2v) is 5.05. The van der Waals surface area contributed by atoms with E-state index in [2.05, 4.69) is 4.98 Å². The van der Waals surface area contributed by atoms with Gasteiger partial charge in [-0.05, 0) is 17.3 Å². The van der Waals surface area contributed by atoms with Gasteiger partial charge in [-0.3, -0.25) is 19.1 Å². The second kappa shape index (κ2) is 5.57. The summed E-state index contributed by atoms with van der Waals surface area (Å²) in [7, 11) is 0. The minimum atomic E-state index is -0.941. The largest absolute Gasteiger partial charge is 0.859 e. The third-order valence-corrected chi connectivity index (χ3v) is 3.68. The monoisotopic (exact) mass is 309 g/mol. The number of aromatic amines is 1. The van der Waals surface area contributed by atoms with E-state index in [1.807, 2.05) is 18.2 Å². The third kappa shape index (κ3) is 2.34. The summed E-state index contributed by atoms with van der Waals surface area (Å²) in [5, 5.41) is 14.1. The summed E-state index contributed by atoms with van der Waals surface area (Å²) < 4.78 is 0.840. The Morgan fingerprint density at radius 3 is 2.57 bits per heavy atom. The molecule has 1 N–H and O–H groups in total. The molecule has 0 aliphatic carbocycles. The molecule has 3 aromatic rings. The van der Waals surface area contributed by atoms with Crippen LogP contribution in [0.4, 0.5) is 0 Å². The normalized spacial score (nSPS) is 10.8. The van der Waals surface area contributed by atoms with Gasteiger partial charge in [-0.2, -0.15) is 0 Å². The third-order valence-electron chi connectivity index (χ3n) is 3.68. The highest BCUT2D eigenvalue weighted by Crippen LogP contribution is 2.24. The maximum Gasteiger partial charge on any atom is 0.332 e. The summed E-state index contributed by atoms with van der Waals surface area (Å²) in [6, 6.07) is 12.4. The first-order valence-corrected chi connectivity index (χ1v) is 7.12. The number of ketones is 1. The zero-order chi connectivity index (χ0) is 16.6. The quantitative estimate of drug-likeness (QED) is 0.739. The van der Waals surface area contributed by atoms with Crippen molar-refractivity contribution in [3.8, 4) is 11.6 Å². The molecule has 3 rings (SSSR count). The van der Waals surface area contributed by atoms with Crippen molar-refractivity contribution in [1.29, 1.82) is 0 Å². The van der Waals surface area contributed by atoms with Crippen molar-refractivity contribution in [2.45, 2.75) is 13.3 Å². The number of carbonyl (C=O) groups excluding carboxylic acids is 1. The minimum absolute atomic E-state index is 0.00601. The first kappa shape index (κ1) is 14.8. The lowest BCUT2D eigenvalue weighted by Crippen LogP contribution is -2.35. The molecule has 6 nitrogen and oxygen atoms in total. The molecule has 0 bridgehead atoms. The fourth-order valence-corrected chi connectivity index (χ4v) is 2.56. The molecule has 1 aromatic heterocycles. The Balaban J connectivity index is 2.43. The second-order valence-electron chi connectivity index (χ2n) is 5.05. The summed E-state index contributed by atoms with van der Waals surface area (Å²) in [6.45, 7) is 1.55. The van der Waals surface area contributed by atoms with E-state index in [9.17, 15) is 19.5 Å². The molecule has 0 saturated heterocycles. The summed E-state index contributed by atoms with van der Waals surface area (Å²) in [5.74, 6) is -1.48. The van der Waals surface area contributed by atoms with Crippen LogP contribution in [0, 0.1) is 0 Å². The number of nitrogens with one attached hydrogen (secondary N) is 1. The SMILES string of the molecule is CCC(=O)c1c([O-])n(-c2cccc3ccccc23)c(=O)[nH]c1=O. The van der Waals surface area contributed by atoms with Gasteiger partial charge in [-0.15, -0.1) is 0 Å². The van der Waals surface area contributed by atoms with Gasteiger partial charge in [0.2, 0.25) is 0 Å². The number of nitrogens with zero attached hydrogens (tertiary/aromatic N) is 1. The standard InChI is InChI=1S/C17H14N2O4/c1-2-13(20)14-15(21)18-17(23)19(16(14)22)12-9-5-7-10-6-3-4-8-11(10)12/h3-9,22H,2H2,1H3,(H,18,21,23)/p-1. The van der Waals surface area contributed by atoms with Crippen molar-refractivity contribution in [3.63, 3.8) is 0 Å². The molecule has 116 valence electrons. The Morgan fingerprint density at radius 1 is 1.13 bits per heavy atom. The molecule has 1 heterocycles. The number of hydrogen-bond acceptors (Lipinski definition) is 4. The van der Waals surface area contributed by atoms with Crippen molar-refractivity contribution in [3.05, 3.63) is 68.9 Å². The predicted molar refractivity (Wildman–Crippen MR) is 84.2 cm³/mol. The number of carbonyl (C=O) groups is 1. The topological polar surface area (TPSA) is 95.0 Å².